The van der Waals surface area contributed by atoms with Crippen molar-refractivity contribution in [3.05, 3.63) is 23.8 Å². The SMILES string of the molecule is CCC(CO)(CO)Nc1cccc(SC)c1C#N. The van der Waals surface area contributed by atoms with Gasteiger partial charge in [0.2, 0.25) is 0 Å². The molecule has 0 radical (unpaired) electrons. The molecular formula is C13H18N2O2S. The second-order valence-electron chi connectivity index (χ2n) is 4.07. The van der Waals surface area contributed by atoms with Gasteiger partial charge in [-0.05, 0) is 24.8 Å². The van der Waals surface area contributed by atoms with Crippen molar-refractivity contribution in [1.29, 1.82) is 5.26 Å². The first-order valence-electron chi connectivity index (χ1n) is 5.73. The summed E-state index contributed by atoms with van der Waals surface area (Å²) in [6.45, 7) is 1.51. The predicted octanol–water partition coefficient (Wildman–Crippen LogP) is 1.83. The predicted molar refractivity (Wildman–Crippen MR) is 73.8 cm³/mol. The highest BCUT2D eigenvalue weighted by molar-refractivity contribution is 7.98. The number of aliphatic hydroxyl groups is 2. The molecule has 0 unspecified atom stereocenters. The lowest BCUT2D eigenvalue weighted by Gasteiger charge is -2.31. The van der Waals surface area contributed by atoms with E-state index in [1.54, 1.807) is 6.07 Å². The van der Waals surface area contributed by atoms with Crippen LogP contribution in [0.1, 0.15) is 18.9 Å². The summed E-state index contributed by atoms with van der Waals surface area (Å²) in [6, 6.07) is 7.68. The number of anilines is 1. The summed E-state index contributed by atoms with van der Waals surface area (Å²) in [5.41, 5.74) is 0.404. The number of nitrogens with one attached hydrogen (secondary N) is 1. The molecule has 0 saturated carbocycles. The third-order valence-corrected chi connectivity index (χ3v) is 3.82. The van der Waals surface area contributed by atoms with Gasteiger partial charge in [0.25, 0.3) is 0 Å². The second kappa shape index (κ2) is 6.64. The maximum Gasteiger partial charge on any atom is 0.102 e. The van der Waals surface area contributed by atoms with Crippen LogP contribution in [0.4, 0.5) is 5.69 Å². The maximum atomic E-state index is 9.42. The van der Waals surface area contributed by atoms with E-state index in [1.165, 1.54) is 11.8 Å². The van der Waals surface area contributed by atoms with Gasteiger partial charge in [-0.2, -0.15) is 5.26 Å². The van der Waals surface area contributed by atoms with Gasteiger partial charge in [-0.15, -0.1) is 11.8 Å². The lowest BCUT2D eigenvalue weighted by Crippen LogP contribution is -2.45. The molecule has 0 heterocycles. The molecule has 0 bridgehead atoms. The summed E-state index contributed by atoms with van der Waals surface area (Å²) in [4.78, 5) is 0.878. The minimum absolute atomic E-state index is 0.186. The van der Waals surface area contributed by atoms with Crippen LogP contribution in [-0.2, 0) is 0 Å². The standard InChI is InChI=1S/C13H18N2O2S/c1-3-13(8-16,9-17)15-11-5-4-6-12(18-2)10(11)7-14/h4-6,15-17H,3,8-9H2,1-2H3. The largest absolute Gasteiger partial charge is 0.394 e. The van der Waals surface area contributed by atoms with Crippen LogP contribution in [0.5, 0.6) is 0 Å². The van der Waals surface area contributed by atoms with Gasteiger partial charge in [0.05, 0.1) is 30.0 Å². The lowest BCUT2D eigenvalue weighted by atomic mass is 9.97. The van der Waals surface area contributed by atoms with E-state index >= 15 is 0 Å². The molecule has 0 aliphatic carbocycles. The molecule has 1 aromatic carbocycles. The van der Waals surface area contributed by atoms with Gasteiger partial charge in [0.1, 0.15) is 6.07 Å². The number of hydrogen-bond donors (Lipinski definition) is 3. The van der Waals surface area contributed by atoms with Crippen molar-refractivity contribution < 1.29 is 10.2 Å². The normalized spacial score (nSPS) is 11.1. The summed E-state index contributed by atoms with van der Waals surface area (Å²) < 4.78 is 0. The van der Waals surface area contributed by atoms with Gasteiger partial charge in [-0.3, -0.25) is 0 Å². The minimum atomic E-state index is -0.789. The lowest BCUT2D eigenvalue weighted by molar-refractivity contribution is 0.132. The Morgan fingerprint density at radius 3 is 2.50 bits per heavy atom. The Kier molecular flexibility index (Phi) is 5.48. The Balaban J connectivity index is 3.15. The van der Waals surface area contributed by atoms with E-state index in [9.17, 15) is 15.5 Å². The Morgan fingerprint density at radius 1 is 1.39 bits per heavy atom. The molecule has 4 nitrogen and oxygen atoms in total. The average molecular weight is 266 g/mol. The molecule has 0 spiro atoms. The molecule has 0 saturated heterocycles. The molecule has 0 aliphatic heterocycles. The maximum absolute atomic E-state index is 9.42. The van der Waals surface area contributed by atoms with Crippen LogP contribution in [0.15, 0.2) is 23.1 Å². The Labute approximate surface area is 112 Å². The van der Waals surface area contributed by atoms with E-state index in [4.69, 9.17) is 0 Å². The highest BCUT2D eigenvalue weighted by Gasteiger charge is 2.27. The number of nitriles is 1. The Morgan fingerprint density at radius 2 is 2.06 bits per heavy atom. The minimum Gasteiger partial charge on any atom is -0.394 e. The van der Waals surface area contributed by atoms with Crippen molar-refractivity contribution in [1.82, 2.24) is 0 Å². The monoisotopic (exact) mass is 266 g/mol. The molecule has 1 rings (SSSR count). The van der Waals surface area contributed by atoms with Crippen molar-refractivity contribution in [2.75, 3.05) is 24.8 Å². The fraction of sp³-hybridized carbons (Fsp3) is 0.462. The van der Waals surface area contributed by atoms with Crippen molar-refractivity contribution >= 4 is 17.4 Å². The fourth-order valence-corrected chi connectivity index (χ4v) is 2.22. The molecule has 1 aromatic rings. The number of aliphatic hydroxyl groups excluding tert-OH is 2. The fourth-order valence-electron chi connectivity index (χ4n) is 1.65. The summed E-state index contributed by atoms with van der Waals surface area (Å²) in [5.74, 6) is 0. The molecule has 0 aliphatic rings. The smallest absolute Gasteiger partial charge is 0.102 e. The van der Waals surface area contributed by atoms with Crippen molar-refractivity contribution in [3.8, 4) is 6.07 Å². The topological polar surface area (TPSA) is 76.3 Å². The molecule has 0 aromatic heterocycles. The van der Waals surface area contributed by atoms with Crippen LogP contribution in [0.3, 0.4) is 0 Å². The van der Waals surface area contributed by atoms with Gasteiger partial charge in [-0.25, -0.2) is 0 Å². The highest BCUT2D eigenvalue weighted by atomic mass is 32.2. The van der Waals surface area contributed by atoms with Crippen LogP contribution in [0.2, 0.25) is 0 Å². The van der Waals surface area contributed by atoms with E-state index in [1.807, 2.05) is 25.3 Å². The van der Waals surface area contributed by atoms with E-state index in [2.05, 4.69) is 11.4 Å². The molecule has 5 heteroatoms. The molecule has 0 amide bonds. The third-order valence-electron chi connectivity index (χ3n) is 3.04. The number of thioether (sulfide) groups is 1. The molecular weight excluding hydrogens is 248 g/mol. The van der Waals surface area contributed by atoms with Crippen molar-refractivity contribution in [3.63, 3.8) is 0 Å². The van der Waals surface area contributed by atoms with Gasteiger partial charge in [0.15, 0.2) is 0 Å². The molecule has 18 heavy (non-hydrogen) atoms. The van der Waals surface area contributed by atoms with Gasteiger partial charge < -0.3 is 15.5 Å². The molecule has 3 N–H and O–H groups in total. The zero-order valence-electron chi connectivity index (χ0n) is 10.6. The van der Waals surface area contributed by atoms with E-state index in [0.717, 1.165) is 4.90 Å². The average Bonchev–Trinajstić information content (AvgIpc) is 2.44. The highest BCUT2D eigenvalue weighted by Crippen LogP contribution is 2.29. The van der Waals surface area contributed by atoms with Gasteiger partial charge in [-0.1, -0.05) is 13.0 Å². The summed E-state index contributed by atoms with van der Waals surface area (Å²) >= 11 is 1.50. The second-order valence-corrected chi connectivity index (χ2v) is 4.92. The zero-order chi connectivity index (χ0) is 13.6. The van der Waals surface area contributed by atoms with Crippen LogP contribution in [-0.4, -0.2) is 35.2 Å². The number of rotatable bonds is 6. The van der Waals surface area contributed by atoms with Gasteiger partial charge in [0, 0.05) is 4.90 Å². The van der Waals surface area contributed by atoms with E-state index in [-0.39, 0.29) is 13.2 Å². The Bertz CT molecular complexity index is 431. The van der Waals surface area contributed by atoms with E-state index < -0.39 is 5.54 Å². The van der Waals surface area contributed by atoms with Crippen LogP contribution in [0, 0.1) is 11.3 Å². The first kappa shape index (κ1) is 14.8. The van der Waals surface area contributed by atoms with Crippen LogP contribution in [0.25, 0.3) is 0 Å². The number of benzene rings is 1. The molecule has 0 fully saturated rings. The van der Waals surface area contributed by atoms with Crippen LogP contribution >= 0.6 is 11.8 Å². The first-order valence-corrected chi connectivity index (χ1v) is 6.95. The van der Waals surface area contributed by atoms with Crippen LogP contribution < -0.4 is 5.32 Å². The summed E-state index contributed by atoms with van der Waals surface area (Å²) in [7, 11) is 0. The number of hydrogen-bond acceptors (Lipinski definition) is 5. The van der Waals surface area contributed by atoms with Crippen molar-refractivity contribution in [2.24, 2.45) is 0 Å². The zero-order valence-corrected chi connectivity index (χ0v) is 11.4. The third kappa shape index (κ3) is 2.96. The van der Waals surface area contributed by atoms with Crippen molar-refractivity contribution in [2.45, 2.75) is 23.8 Å². The quantitative estimate of drug-likeness (QED) is 0.685. The summed E-state index contributed by atoms with van der Waals surface area (Å²) in [5, 5.41) is 31.2. The Hall–Kier alpha value is -1.22. The van der Waals surface area contributed by atoms with E-state index in [0.29, 0.717) is 17.7 Å². The first-order chi connectivity index (χ1) is 8.66. The number of nitrogens with zero attached hydrogens (tertiary/aromatic N) is 1. The van der Waals surface area contributed by atoms with Gasteiger partial charge >= 0.3 is 0 Å². The summed E-state index contributed by atoms with van der Waals surface area (Å²) in [6.07, 6.45) is 2.47. The molecule has 0 atom stereocenters. The molecule has 98 valence electrons.